The van der Waals surface area contributed by atoms with Gasteiger partial charge in [-0.3, -0.25) is 0 Å². The van der Waals surface area contributed by atoms with Crippen LogP contribution in [0.2, 0.25) is 0 Å². The molecule has 25 valence electrons. The molecule has 0 saturated carbocycles. The van der Waals surface area contributed by atoms with Crippen LogP contribution in [-0.2, 0) is 20.0 Å². The Labute approximate surface area is 43.8 Å². The van der Waals surface area contributed by atoms with Gasteiger partial charge in [-0.15, -0.1) is 0 Å². The van der Waals surface area contributed by atoms with Crippen LogP contribution in [0.1, 0.15) is 0 Å². The van der Waals surface area contributed by atoms with Gasteiger partial charge in [0.25, 0.3) is 0 Å². The first-order valence-electron chi connectivity index (χ1n) is 1.36. The van der Waals surface area contributed by atoms with Gasteiger partial charge in [-0.25, -0.2) is 0 Å². The van der Waals surface area contributed by atoms with E-state index in [0.29, 0.717) is 0 Å². The Kier molecular flexibility index (Phi) is 4.36. The number of rotatable bonds is 1. The van der Waals surface area contributed by atoms with E-state index in [9.17, 15) is 0 Å². The Hall–Kier alpha value is 0.194. The van der Waals surface area contributed by atoms with Gasteiger partial charge in [-0.2, -0.15) is 0 Å². The zero-order valence-electron chi connectivity index (χ0n) is 2.94. The van der Waals surface area contributed by atoms with Crippen LogP contribution in [0.15, 0.2) is 12.2 Å². The third-order valence-electron chi connectivity index (χ3n) is 0.232. The molecule has 0 fully saturated rings. The fourth-order valence-corrected chi connectivity index (χ4v) is 0.281. The molecule has 0 aliphatic carbocycles. The van der Waals surface area contributed by atoms with Crippen molar-refractivity contribution in [3.63, 3.8) is 0 Å². The Morgan fingerprint density at radius 3 is 2.20 bits per heavy atom. The van der Waals surface area contributed by atoms with E-state index < -0.39 is 0 Å². The van der Waals surface area contributed by atoms with Crippen molar-refractivity contribution in [3.05, 3.63) is 19.1 Å². The van der Waals surface area contributed by atoms with Crippen molar-refractivity contribution in [1.29, 1.82) is 0 Å². The molecule has 0 atom stereocenters. The molecule has 0 unspecified atom stereocenters. The fourth-order valence-electron chi connectivity index (χ4n) is 0.0680. The number of hydrogen-bond acceptors (Lipinski definition) is 0. The predicted molar refractivity (Wildman–Crippen MR) is 20.6 cm³/mol. The molecule has 0 radical (unpaired) electrons. The van der Waals surface area contributed by atoms with Crippen LogP contribution in [0.4, 0.5) is 0 Å². The minimum absolute atomic E-state index is 1.75. The van der Waals surface area contributed by atoms with E-state index in [0.717, 1.165) is 0 Å². The van der Waals surface area contributed by atoms with Gasteiger partial charge in [-0.05, 0) is 0 Å². The SMILES string of the molecule is [CH2-]/C=C\[CH]=[Ti+]. The van der Waals surface area contributed by atoms with Crippen LogP contribution in [0.5, 0.6) is 0 Å². The standard InChI is InChI=1S/C4H5.Ti/c1-3-4-2;/h1,3-4H,2H2;/q-1;+1/b4-3-;. The van der Waals surface area contributed by atoms with E-state index in [4.69, 9.17) is 0 Å². The summed E-state index contributed by atoms with van der Waals surface area (Å²) >= 11 is 1.96. The van der Waals surface area contributed by atoms with Crippen molar-refractivity contribution < 1.29 is 20.0 Å². The quantitative estimate of drug-likeness (QED) is 0.337. The zero-order chi connectivity index (χ0) is 4.12. The molecular weight excluding hydrogens is 95.9 g/mol. The summed E-state index contributed by atoms with van der Waals surface area (Å²) in [6, 6.07) is 0. The first kappa shape index (κ1) is 5.19. The Morgan fingerprint density at radius 1 is 1.60 bits per heavy atom. The summed E-state index contributed by atoms with van der Waals surface area (Å²) in [6.45, 7) is 3.46. The summed E-state index contributed by atoms with van der Waals surface area (Å²) in [7, 11) is 0. The molecule has 0 nitrogen and oxygen atoms in total. The van der Waals surface area contributed by atoms with E-state index in [1.54, 1.807) is 6.08 Å². The van der Waals surface area contributed by atoms with E-state index in [1.165, 1.54) is 0 Å². The molecule has 0 heterocycles. The van der Waals surface area contributed by atoms with Gasteiger partial charge in [0.2, 0.25) is 0 Å². The average molecular weight is 101 g/mol. The summed E-state index contributed by atoms with van der Waals surface area (Å²) < 4.78 is 1.94. The van der Waals surface area contributed by atoms with Crippen LogP contribution < -0.4 is 0 Å². The Morgan fingerprint density at radius 2 is 2.20 bits per heavy atom. The molecule has 0 N–H and O–H groups in total. The van der Waals surface area contributed by atoms with Gasteiger partial charge in [0.15, 0.2) is 0 Å². The molecule has 1 heteroatoms. The maximum absolute atomic E-state index is 3.46. The molecule has 0 aromatic rings. The number of allylic oxidation sites excluding steroid dienone is 2. The van der Waals surface area contributed by atoms with Crippen molar-refractivity contribution in [2.75, 3.05) is 0 Å². The molecule has 0 aromatic carbocycles. The first-order chi connectivity index (χ1) is 2.41. The van der Waals surface area contributed by atoms with Crippen molar-refractivity contribution in [3.8, 4) is 0 Å². The summed E-state index contributed by atoms with van der Waals surface area (Å²) in [5.41, 5.74) is 0. The summed E-state index contributed by atoms with van der Waals surface area (Å²) in [5, 5.41) is 0. The van der Waals surface area contributed by atoms with Crippen LogP contribution in [0.3, 0.4) is 0 Å². The van der Waals surface area contributed by atoms with Crippen molar-refractivity contribution in [2.45, 2.75) is 0 Å². The fraction of sp³-hybridized carbons (Fsp3) is 0. The maximum atomic E-state index is 3.46. The van der Waals surface area contributed by atoms with E-state index in [2.05, 4.69) is 6.92 Å². The molecule has 0 aromatic heterocycles. The third kappa shape index (κ3) is 4.19. The average Bonchev–Trinajstić information content (AvgIpc) is 1.41. The van der Waals surface area contributed by atoms with E-state index in [-0.39, 0.29) is 0 Å². The molecule has 0 amide bonds. The number of hydrogen-bond donors (Lipinski definition) is 0. The second-order valence-electron chi connectivity index (χ2n) is 0.595. The molecule has 0 spiro atoms. The van der Waals surface area contributed by atoms with Crippen LogP contribution in [0.25, 0.3) is 0 Å². The van der Waals surface area contributed by atoms with Gasteiger partial charge < -0.3 is 0 Å². The van der Waals surface area contributed by atoms with Crippen molar-refractivity contribution in [2.24, 2.45) is 0 Å². The topological polar surface area (TPSA) is 0 Å². The molecule has 0 aliphatic heterocycles. The monoisotopic (exact) mass is 101 g/mol. The van der Waals surface area contributed by atoms with Gasteiger partial charge in [-0.1, -0.05) is 0 Å². The van der Waals surface area contributed by atoms with Gasteiger partial charge in [0, 0.05) is 0 Å². The van der Waals surface area contributed by atoms with Gasteiger partial charge in [0.1, 0.15) is 0 Å². The van der Waals surface area contributed by atoms with Gasteiger partial charge in [0.05, 0.1) is 0 Å². The molecule has 0 aliphatic rings. The van der Waals surface area contributed by atoms with Crippen LogP contribution >= 0.6 is 0 Å². The van der Waals surface area contributed by atoms with Crippen molar-refractivity contribution >= 4 is 4.31 Å². The third-order valence-corrected chi connectivity index (χ3v) is 0.533. The normalized spacial score (nSPS) is 9.20. The summed E-state index contributed by atoms with van der Waals surface area (Å²) in [5.74, 6) is 0. The first-order valence-corrected chi connectivity index (χ1v) is 2.27. The Bertz CT molecular complexity index is 45.6. The second-order valence-corrected chi connectivity index (χ2v) is 1.12. The molecule has 0 bridgehead atoms. The van der Waals surface area contributed by atoms with Crippen molar-refractivity contribution in [1.82, 2.24) is 0 Å². The minimum atomic E-state index is 1.75. The summed E-state index contributed by atoms with van der Waals surface area (Å²) in [4.78, 5) is 0. The molecule has 0 rings (SSSR count). The predicted octanol–water partition coefficient (Wildman–Crippen LogP) is 0.726. The zero-order valence-corrected chi connectivity index (χ0v) is 4.50. The second kappa shape index (κ2) is 4.19. The Balaban J connectivity index is 2.92. The van der Waals surface area contributed by atoms with Crippen LogP contribution in [0, 0.1) is 6.92 Å². The van der Waals surface area contributed by atoms with Crippen LogP contribution in [-0.4, -0.2) is 4.31 Å². The molecular formula is C4H5Ti. The summed E-state index contributed by atoms with van der Waals surface area (Å²) in [6.07, 6.45) is 3.64. The van der Waals surface area contributed by atoms with E-state index in [1.807, 2.05) is 30.4 Å². The van der Waals surface area contributed by atoms with Gasteiger partial charge >= 0.3 is 43.4 Å². The van der Waals surface area contributed by atoms with E-state index >= 15 is 0 Å². The molecule has 0 saturated heterocycles. The molecule has 5 heavy (non-hydrogen) atoms.